The summed E-state index contributed by atoms with van der Waals surface area (Å²) in [6, 6.07) is 18.0. The fraction of sp³-hybridized carbons (Fsp3) is 0.250. The molecule has 0 saturated heterocycles. The van der Waals surface area contributed by atoms with E-state index in [1.165, 1.54) is 0 Å². The molecule has 3 aromatic rings. The van der Waals surface area contributed by atoms with Gasteiger partial charge < -0.3 is 18.8 Å². The first-order valence-corrected chi connectivity index (χ1v) is 9.83. The number of aryl methyl sites for hydroxylation is 1. The van der Waals surface area contributed by atoms with Crippen molar-refractivity contribution >= 4 is 11.8 Å². The Bertz CT molecular complexity index is 1070. The maximum absolute atomic E-state index is 12.7. The average Bonchev–Trinajstić information content (AvgIpc) is 3.06. The van der Waals surface area contributed by atoms with Gasteiger partial charge in [0, 0.05) is 17.0 Å². The molecule has 1 aliphatic rings. The van der Waals surface area contributed by atoms with Crippen LogP contribution in [0.15, 0.2) is 60.7 Å². The number of carbonyl (C=O) groups is 2. The Balaban J connectivity index is 1.42. The van der Waals surface area contributed by atoms with E-state index in [0.29, 0.717) is 24.3 Å². The topological polar surface area (TPSA) is 66.8 Å². The second-order valence-corrected chi connectivity index (χ2v) is 7.26. The van der Waals surface area contributed by atoms with Gasteiger partial charge >= 0.3 is 5.97 Å². The van der Waals surface area contributed by atoms with Crippen LogP contribution in [0.25, 0.3) is 0 Å². The summed E-state index contributed by atoms with van der Waals surface area (Å²) in [4.78, 5) is 24.8. The Morgan fingerprint density at radius 2 is 1.73 bits per heavy atom. The highest BCUT2D eigenvalue weighted by atomic mass is 16.6. The van der Waals surface area contributed by atoms with E-state index in [1.54, 1.807) is 24.3 Å². The third kappa shape index (κ3) is 4.08. The molecule has 0 spiro atoms. The molecule has 30 heavy (non-hydrogen) atoms. The van der Waals surface area contributed by atoms with Crippen LogP contribution in [0.5, 0.6) is 11.5 Å². The lowest BCUT2D eigenvalue weighted by Crippen LogP contribution is -2.33. The van der Waals surface area contributed by atoms with Crippen LogP contribution in [-0.4, -0.2) is 35.6 Å². The lowest BCUT2D eigenvalue weighted by Gasteiger charge is -2.27. The number of ketones is 1. The van der Waals surface area contributed by atoms with Crippen molar-refractivity contribution in [1.82, 2.24) is 4.57 Å². The maximum atomic E-state index is 12.7. The quantitative estimate of drug-likeness (QED) is 0.458. The zero-order chi connectivity index (χ0) is 21.1. The van der Waals surface area contributed by atoms with Crippen LogP contribution in [0.3, 0.4) is 0 Å². The van der Waals surface area contributed by atoms with Gasteiger partial charge in [0.15, 0.2) is 24.2 Å². The smallest absolute Gasteiger partial charge is 0.338 e. The molecule has 1 aromatic heterocycles. The van der Waals surface area contributed by atoms with Crippen LogP contribution in [0.4, 0.5) is 0 Å². The van der Waals surface area contributed by atoms with Crippen molar-refractivity contribution in [2.45, 2.75) is 26.5 Å². The number of rotatable bonds is 6. The summed E-state index contributed by atoms with van der Waals surface area (Å²) in [5, 5.41) is 0. The largest absolute Gasteiger partial charge is 0.486 e. The van der Waals surface area contributed by atoms with Gasteiger partial charge in [0.25, 0.3) is 0 Å². The van der Waals surface area contributed by atoms with Gasteiger partial charge in [0.2, 0.25) is 5.78 Å². The molecular formula is C24H23NO5. The highest BCUT2D eigenvalue weighted by molar-refractivity contribution is 6.00. The van der Waals surface area contributed by atoms with Crippen LogP contribution < -0.4 is 9.47 Å². The van der Waals surface area contributed by atoms with E-state index in [0.717, 1.165) is 22.9 Å². The lowest BCUT2D eigenvalue weighted by atomic mass is 10.1. The summed E-state index contributed by atoms with van der Waals surface area (Å²) in [5.74, 6) is 0.722. The Labute approximate surface area is 175 Å². The molecule has 6 heteroatoms. The number of Topliss-reactive ketones (excluding diaryl/α,β-unsaturated/α-hetero) is 1. The molecule has 1 aliphatic heterocycles. The highest BCUT2D eigenvalue weighted by Gasteiger charge is 2.24. The molecule has 2 aromatic carbocycles. The van der Waals surface area contributed by atoms with Gasteiger partial charge in [-0.3, -0.25) is 4.79 Å². The normalized spacial score (nSPS) is 14.9. The lowest BCUT2D eigenvalue weighted by molar-refractivity contribution is 0.0474. The second-order valence-electron chi connectivity index (χ2n) is 7.26. The summed E-state index contributed by atoms with van der Waals surface area (Å²) in [7, 11) is 0. The Morgan fingerprint density at radius 3 is 2.50 bits per heavy atom. The average molecular weight is 405 g/mol. The van der Waals surface area contributed by atoms with Gasteiger partial charge in [-0.1, -0.05) is 30.3 Å². The van der Waals surface area contributed by atoms with Gasteiger partial charge in [-0.25, -0.2) is 4.79 Å². The van der Waals surface area contributed by atoms with Crippen molar-refractivity contribution in [3.63, 3.8) is 0 Å². The maximum Gasteiger partial charge on any atom is 0.338 e. The molecular weight excluding hydrogens is 382 g/mol. The van der Waals surface area contributed by atoms with Crippen molar-refractivity contribution in [1.29, 1.82) is 0 Å². The summed E-state index contributed by atoms with van der Waals surface area (Å²) in [5.41, 5.74) is 2.72. The SMILES string of the molecule is Cc1cc(C(=O)COC(=O)c2ccccc2)c(C)n1CC1COc2ccccc2O1. The van der Waals surface area contributed by atoms with Crippen LogP contribution in [0, 0.1) is 13.8 Å². The van der Waals surface area contributed by atoms with Gasteiger partial charge in [0.1, 0.15) is 6.61 Å². The minimum atomic E-state index is -0.510. The Morgan fingerprint density at radius 1 is 1.03 bits per heavy atom. The molecule has 4 rings (SSSR count). The number of hydrogen-bond acceptors (Lipinski definition) is 5. The van der Waals surface area contributed by atoms with E-state index >= 15 is 0 Å². The number of benzene rings is 2. The van der Waals surface area contributed by atoms with Gasteiger partial charge in [-0.2, -0.15) is 0 Å². The summed E-state index contributed by atoms with van der Waals surface area (Å²) in [6.07, 6.45) is -0.163. The number of ether oxygens (including phenoxy) is 3. The van der Waals surface area contributed by atoms with Crippen molar-refractivity contribution in [3.8, 4) is 11.5 Å². The molecule has 0 amide bonds. The summed E-state index contributed by atoms with van der Waals surface area (Å²) in [6.45, 7) is 4.53. The second kappa shape index (κ2) is 8.45. The van der Waals surface area contributed by atoms with E-state index < -0.39 is 5.97 Å². The van der Waals surface area contributed by atoms with Crippen LogP contribution >= 0.6 is 0 Å². The van der Waals surface area contributed by atoms with Crippen molar-refractivity contribution in [2.75, 3.05) is 13.2 Å². The number of fused-ring (bicyclic) bond motifs is 1. The van der Waals surface area contributed by atoms with Crippen LogP contribution in [-0.2, 0) is 11.3 Å². The highest BCUT2D eigenvalue weighted by Crippen LogP contribution is 2.31. The van der Waals surface area contributed by atoms with Crippen LogP contribution in [0.2, 0.25) is 0 Å². The molecule has 0 fully saturated rings. The van der Waals surface area contributed by atoms with E-state index in [-0.39, 0.29) is 18.5 Å². The van der Waals surface area contributed by atoms with E-state index in [9.17, 15) is 9.59 Å². The summed E-state index contributed by atoms with van der Waals surface area (Å²) >= 11 is 0. The molecule has 1 unspecified atom stereocenters. The standard InChI is InChI=1S/C24H23NO5/c1-16-12-20(21(26)15-29-24(27)18-8-4-3-5-9-18)17(2)25(16)13-19-14-28-22-10-6-7-11-23(22)30-19/h3-12,19H,13-15H2,1-2H3. The predicted molar refractivity (Wildman–Crippen MR) is 111 cm³/mol. The Kier molecular flexibility index (Phi) is 5.57. The number of carbonyl (C=O) groups excluding carboxylic acids is 2. The van der Waals surface area contributed by atoms with E-state index in [2.05, 4.69) is 0 Å². The van der Waals surface area contributed by atoms with Crippen molar-refractivity contribution in [2.24, 2.45) is 0 Å². The number of para-hydroxylation sites is 2. The molecule has 154 valence electrons. The zero-order valence-corrected chi connectivity index (χ0v) is 17.0. The molecule has 2 heterocycles. The predicted octanol–water partition coefficient (Wildman–Crippen LogP) is 3.98. The molecule has 1 atom stereocenters. The molecule has 0 saturated carbocycles. The molecule has 0 N–H and O–H groups in total. The molecule has 0 bridgehead atoms. The third-order valence-corrected chi connectivity index (χ3v) is 5.17. The summed E-state index contributed by atoms with van der Waals surface area (Å²) < 4.78 is 19.1. The molecule has 0 aliphatic carbocycles. The fourth-order valence-electron chi connectivity index (χ4n) is 3.59. The first-order chi connectivity index (χ1) is 14.5. The number of nitrogens with zero attached hydrogens (tertiary/aromatic N) is 1. The van der Waals surface area contributed by atoms with Gasteiger partial charge in [0.05, 0.1) is 12.1 Å². The third-order valence-electron chi connectivity index (χ3n) is 5.17. The van der Waals surface area contributed by atoms with Crippen LogP contribution in [0.1, 0.15) is 32.1 Å². The van der Waals surface area contributed by atoms with E-state index in [4.69, 9.17) is 14.2 Å². The monoisotopic (exact) mass is 405 g/mol. The van der Waals surface area contributed by atoms with Gasteiger partial charge in [-0.15, -0.1) is 0 Å². The van der Waals surface area contributed by atoms with Crippen molar-refractivity contribution in [3.05, 3.63) is 83.2 Å². The number of aromatic nitrogens is 1. The fourth-order valence-corrected chi connectivity index (χ4v) is 3.59. The zero-order valence-electron chi connectivity index (χ0n) is 17.0. The molecule has 0 radical (unpaired) electrons. The minimum Gasteiger partial charge on any atom is -0.486 e. The van der Waals surface area contributed by atoms with Gasteiger partial charge in [-0.05, 0) is 44.2 Å². The number of hydrogen-bond donors (Lipinski definition) is 0. The Hall–Kier alpha value is -3.54. The minimum absolute atomic E-state index is 0.163. The molecule has 6 nitrogen and oxygen atoms in total. The first kappa shape index (κ1) is 19.8. The first-order valence-electron chi connectivity index (χ1n) is 9.83. The van der Waals surface area contributed by atoms with E-state index in [1.807, 2.05) is 54.8 Å². The van der Waals surface area contributed by atoms with Crippen molar-refractivity contribution < 1.29 is 23.8 Å². The number of esters is 1.